The molecule has 1 unspecified atom stereocenters. The van der Waals surface area contributed by atoms with Crippen molar-refractivity contribution in [3.8, 4) is 0 Å². The fourth-order valence-corrected chi connectivity index (χ4v) is 3.63. The number of nitrogens with one attached hydrogen (secondary N) is 1. The topological polar surface area (TPSA) is 106 Å². The Balaban J connectivity index is 1.81. The summed E-state index contributed by atoms with van der Waals surface area (Å²) in [4.78, 5) is 14.5. The van der Waals surface area contributed by atoms with E-state index in [9.17, 15) is 13.2 Å². The maximum atomic E-state index is 12.8. The number of anilines is 1. The van der Waals surface area contributed by atoms with Gasteiger partial charge < -0.3 is 14.6 Å². The summed E-state index contributed by atoms with van der Waals surface area (Å²) in [6.07, 6.45) is 5.43. The summed E-state index contributed by atoms with van der Waals surface area (Å²) in [5.74, 6) is 0.760. The molecule has 0 bridgehead atoms. The third kappa shape index (κ3) is 4.21. The van der Waals surface area contributed by atoms with Crippen LogP contribution in [0.4, 0.5) is 10.5 Å². The molecule has 1 aromatic heterocycles. The molecule has 1 aromatic carbocycles. The zero-order valence-electron chi connectivity index (χ0n) is 13.7. The first kappa shape index (κ1) is 17.5. The number of furan rings is 1. The van der Waals surface area contributed by atoms with E-state index in [0.717, 1.165) is 31.4 Å². The van der Waals surface area contributed by atoms with Crippen molar-refractivity contribution < 1.29 is 17.6 Å². The summed E-state index contributed by atoms with van der Waals surface area (Å²) in [6.45, 7) is 0.617. The molecule has 2 aromatic rings. The van der Waals surface area contributed by atoms with Crippen LogP contribution in [0.2, 0.25) is 0 Å². The molecule has 8 heteroatoms. The Hall–Kier alpha value is -2.32. The van der Waals surface area contributed by atoms with Crippen molar-refractivity contribution in [2.45, 2.75) is 36.6 Å². The molecule has 0 radical (unpaired) electrons. The largest absolute Gasteiger partial charge is 0.467 e. The van der Waals surface area contributed by atoms with Gasteiger partial charge in [-0.3, -0.25) is 0 Å². The van der Waals surface area contributed by atoms with Crippen molar-refractivity contribution in [2.75, 3.05) is 11.9 Å². The van der Waals surface area contributed by atoms with E-state index in [0.29, 0.717) is 12.2 Å². The summed E-state index contributed by atoms with van der Waals surface area (Å²) in [5.41, 5.74) is 0.388. The molecule has 25 heavy (non-hydrogen) atoms. The molecule has 134 valence electrons. The molecule has 3 N–H and O–H groups in total. The summed E-state index contributed by atoms with van der Waals surface area (Å²) < 4.78 is 28.4. The fourth-order valence-electron chi connectivity index (χ4n) is 3.07. The maximum absolute atomic E-state index is 12.8. The fraction of sp³-hybridized carbons (Fsp3) is 0.353. The molecular formula is C17H21N3O4S. The summed E-state index contributed by atoms with van der Waals surface area (Å²) >= 11 is 0. The third-order valence-electron chi connectivity index (χ3n) is 4.30. The smallest absolute Gasteiger partial charge is 0.322 e. The Morgan fingerprint density at radius 1 is 1.20 bits per heavy atom. The van der Waals surface area contributed by atoms with Crippen molar-refractivity contribution >= 4 is 21.7 Å². The van der Waals surface area contributed by atoms with E-state index in [1.165, 1.54) is 12.1 Å². The second-order valence-electron chi connectivity index (χ2n) is 6.08. The van der Waals surface area contributed by atoms with Crippen LogP contribution in [0.25, 0.3) is 0 Å². The lowest BCUT2D eigenvalue weighted by Crippen LogP contribution is -2.38. The summed E-state index contributed by atoms with van der Waals surface area (Å²) in [5, 5.41) is 7.91. The second kappa shape index (κ2) is 7.28. The molecule has 1 saturated heterocycles. The minimum absolute atomic E-state index is 0.0382. The van der Waals surface area contributed by atoms with Gasteiger partial charge in [-0.25, -0.2) is 18.4 Å². The Bertz CT molecular complexity index is 833. The van der Waals surface area contributed by atoms with Crippen molar-refractivity contribution in [3.05, 3.63) is 48.4 Å². The number of primary sulfonamides is 1. The van der Waals surface area contributed by atoms with E-state index >= 15 is 0 Å². The first-order chi connectivity index (χ1) is 11.9. The monoisotopic (exact) mass is 363 g/mol. The molecule has 1 aliphatic heterocycles. The van der Waals surface area contributed by atoms with Gasteiger partial charge in [-0.15, -0.1) is 0 Å². The van der Waals surface area contributed by atoms with Crippen LogP contribution in [0, 0.1) is 0 Å². The first-order valence-corrected chi connectivity index (χ1v) is 9.74. The van der Waals surface area contributed by atoms with E-state index in [-0.39, 0.29) is 17.0 Å². The highest BCUT2D eigenvalue weighted by Gasteiger charge is 2.28. The Kier molecular flexibility index (Phi) is 5.10. The number of benzene rings is 1. The van der Waals surface area contributed by atoms with Crippen LogP contribution in [0.3, 0.4) is 0 Å². The van der Waals surface area contributed by atoms with Crippen molar-refractivity contribution in [3.63, 3.8) is 0 Å². The first-order valence-electron chi connectivity index (χ1n) is 8.19. The normalized spacial score (nSPS) is 18.6. The van der Waals surface area contributed by atoms with Gasteiger partial charge in [0.2, 0.25) is 10.0 Å². The SMILES string of the molecule is NS(=O)(=O)c1cccc(NC(=O)N2CCCCCC2c2ccco2)c1. The number of carbonyl (C=O) groups is 1. The van der Waals surface area contributed by atoms with Gasteiger partial charge in [-0.2, -0.15) is 0 Å². The predicted molar refractivity (Wildman–Crippen MR) is 93.5 cm³/mol. The number of carbonyl (C=O) groups excluding carboxylic acids is 1. The highest BCUT2D eigenvalue weighted by Crippen LogP contribution is 2.31. The molecule has 1 atom stereocenters. The molecule has 0 aliphatic carbocycles. The molecule has 0 spiro atoms. The standard InChI is InChI=1S/C17H21N3O4S/c18-25(22,23)14-7-4-6-13(12-14)19-17(21)20-10-3-1-2-8-15(20)16-9-5-11-24-16/h4-7,9,11-12,15H,1-3,8,10H2,(H,19,21)(H2,18,22,23). The lowest BCUT2D eigenvalue weighted by atomic mass is 10.1. The van der Waals surface area contributed by atoms with Crippen molar-refractivity contribution in [2.24, 2.45) is 5.14 Å². The quantitative estimate of drug-likeness (QED) is 0.874. The molecular weight excluding hydrogens is 342 g/mol. The highest BCUT2D eigenvalue weighted by atomic mass is 32.2. The van der Waals surface area contributed by atoms with Gasteiger partial charge >= 0.3 is 6.03 Å². The molecule has 2 amide bonds. The van der Waals surface area contributed by atoms with Gasteiger partial charge in [0.05, 0.1) is 17.2 Å². The average Bonchev–Trinajstić information content (AvgIpc) is 2.98. The highest BCUT2D eigenvalue weighted by molar-refractivity contribution is 7.89. The van der Waals surface area contributed by atoms with Gasteiger partial charge in [0.1, 0.15) is 5.76 Å². The molecule has 3 rings (SSSR count). The molecule has 1 aliphatic rings. The number of hydrogen-bond donors (Lipinski definition) is 2. The van der Waals surface area contributed by atoms with E-state index in [1.807, 2.05) is 12.1 Å². The van der Waals surface area contributed by atoms with Gasteiger partial charge in [-0.1, -0.05) is 18.9 Å². The lowest BCUT2D eigenvalue weighted by Gasteiger charge is -2.28. The number of nitrogens with zero attached hydrogens (tertiary/aromatic N) is 1. The number of sulfonamides is 1. The van der Waals surface area contributed by atoms with Crippen LogP contribution >= 0.6 is 0 Å². The predicted octanol–water partition coefficient (Wildman–Crippen LogP) is 3.08. The van der Waals surface area contributed by atoms with Crippen LogP contribution < -0.4 is 10.5 Å². The Morgan fingerprint density at radius 3 is 2.76 bits per heavy atom. The van der Waals surface area contributed by atoms with Gasteiger partial charge in [-0.05, 0) is 43.2 Å². The average molecular weight is 363 g/mol. The van der Waals surface area contributed by atoms with Crippen LogP contribution in [0.5, 0.6) is 0 Å². The molecule has 2 heterocycles. The maximum Gasteiger partial charge on any atom is 0.322 e. The Morgan fingerprint density at radius 2 is 2.04 bits per heavy atom. The Labute approximate surface area is 146 Å². The number of nitrogens with two attached hydrogens (primary N) is 1. The van der Waals surface area contributed by atoms with Gasteiger partial charge in [0, 0.05) is 12.2 Å². The summed E-state index contributed by atoms with van der Waals surface area (Å²) in [7, 11) is -3.82. The summed E-state index contributed by atoms with van der Waals surface area (Å²) in [6, 6.07) is 9.20. The second-order valence-corrected chi connectivity index (χ2v) is 7.64. The van der Waals surface area contributed by atoms with E-state index < -0.39 is 10.0 Å². The molecule has 0 saturated carbocycles. The number of rotatable bonds is 3. The number of likely N-dealkylation sites (tertiary alicyclic amines) is 1. The van der Waals surface area contributed by atoms with Crippen molar-refractivity contribution in [1.29, 1.82) is 0 Å². The molecule has 1 fully saturated rings. The zero-order chi connectivity index (χ0) is 17.9. The number of amides is 2. The lowest BCUT2D eigenvalue weighted by molar-refractivity contribution is 0.179. The van der Waals surface area contributed by atoms with Gasteiger partial charge in [0.25, 0.3) is 0 Å². The zero-order valence-corrected chi connectivity index (χ0v) is 14.5. The third-order valence-corrected chi connectivity index (χ3v) is 5.21. The van der Waals surface area contributed by atoms with Crippen LogP contribution in [0.15, 0.2) is 52.0 Å². The van der Waals surface area contributed by atoms with Crippen LogP contribution in [-0.2, 0) is 10.0 Å². The minimum Gasteiger partial charge on any atom is -0.467 e. The number of hydrogen-bond acceptors (Lipinski definition) is 4. The molecule has 7 nitrogen and oxygen atoms in total. The van der Waals surface area contributed by atoms with E-state index in [4.69, 9.17) is 9.56 Å². The van der Waals surface area contributed by atoms with E-state index in [2.05, 4.69) is 5.32 Å². The van der Waals surface area contributed by atoms with Gasteiger partial charge in [0.15, 0.2) is 0 Å². The van der Waals surface area contributed by atoms with E-state index in [1.54, 1.807) is 23.3 Å². The minimum atomic E-state index is -3.82. The number of urea groups is 1. The van der Waals surface area contributed by atoms with Crippen LogP contribution in [0.1, 0.15) is 37.5 Å². The van der Waals surface area contributed by atoms with Crippen molar-refractivity contribution in [1.82, 2.24) is 4.90 Å². The van der Waals surface area contributed by atoms with Crippen LogP contribution in [-0.4, -0.2) is 25.9 Å².